The maximum atomic E-state index is 12.2. The van der Waals surface area contributed by atoms with E-state index in [0.29, 0.717) is 0 Å². The molecule has 26 heavy (non-hydrogen) atoms. The fraction of sp³-hybridized carbons (Fsp3) is 0.318. The van der Waals surface area contributed by atoms with Gasteiger partial charge in [0.25, 0.3) is 0 Å². The van der Waals surface area contributed by atoms with Gasteiger partial charge in [0.05, 0.1) is 11.7 Å². The largest absolute Gasteiger partial charge is 0.366 e. The van der Waals surface area contributed by atoms with Crippen molar-refractivity contribution in [1.82, 2.24) is 4.90 Å². The molecule has 4 heteroatoms. The predicted octanol–water partition coefficient (Wildman–Crippen LogP) is 5.28. The van der Waals surface area contributed by atoms with E-state index in [1.165, 1.54) is 14.8 Å². The standard InChI is InChI=1S/C22H27IN2O/c1-4-25(5-2)22(26)17-11-16-20(18-12-7-6-8-13-18)24(3)21-15-10-9-14-19(21)23/h6-15,17,20H,4-5,16H2,1-3H3/b17-11+. The quantitative estimate of drug-likeness (QED) is 0.394. The van der Waals surface area contributed by atoms with Gasteiger partial charge in [0.2, 0.25) is 5.91 Å². The minimum Gasteiger partial charge on any atom is -0.366 e. The SMILES string of the molecule is CCN(CC)C(=O)/C=C/CC(c1ccccc1)N(C)c1ccccc1I. The van der Waals surface area contributed by atoms with E-state index in [9.17, 15) is 4.79 Å². The number of anilines is 1. The van der Waals surface area contributed by atoms with Gasteiger partial charge in [-0.05, 0) is 66.6 Å². The number of carbonyl (C=O) groups is 1. The number of nitrogens with zero attached hydrogens (tertiary/aromatic N) is 2. The number of hydrogen-bond donors (Lipinski definition) is 0. The Bertz CT molecular complexity index is 726. The summed E-state index contributed by atoms with van der Waals surface area (Å²) in [4.78, 5) is 16.4. The first-order valence-electron chi connectivity index (χ1n) is 9.06. The summed E-state index contributed by atoms with van der Waals surface area (Å²) in [7, 11) is 2.12. The fourth-order valence-corrected chi connectivity index (χ4v) is 3.80. The molecule has 0 radical (unpaired) electrons. The van der Waals surface area contributed by atoms with Crippen LogP contribution >= 0.6 is 22.6 Å². The molecular weight excluding hydrogens is 435 g/mol. The van der Waals surface area contributed by atoms with E-state index < -0.39 is 0 Å². The summed E-state index contributed by atoms with van der Waals surface area (Å²) in [6.45, 7) is 5.49. The fourth-order valence-electron chi connectivity index (χ4n) is 3.04. The highest BCUT2D eigenvalue weighted by molar-refractivity contribution is 14.1. The van der Waals surface area contributed by atoms with Gasteiger partial charge in [-0.2, -0.15) is 0 Å². The van der Waals surface area contributed by atoms with Crippen LogP contribution in [0.2, 0.25) is 0 Å². The second-order valence-corrected chi connectivity index (χ2v) is 7.30. The maximum Gasteiger partial charge on any atom is 0.246 e. The molecule has 2 aromatic carbocycles. The van der Waals surface area contributed by atoms with Gasteiger partial charge >= 0.3 is 0 Å². The monoisotopic (exact) mass is 462 g/mol. The number of halogens is 1. The van der Waals surface area contributed by atoms with E-state index in [1.807, 2.05) is 30.9 Å². The smallest absolute Gasteiger partial charge is 0.246 e. The number of benzene rings is 2. The molecule has 0 heterocycles. The molecule has 0 fully saturated rings. The Morgan fingerprint density at radius 3 is 2.27 bits per heavy atom. The lowest BCUT2D eigenvalue weighted by Gasteiger charge is -2.31. The molecule has 0 aliphatic heterocycles. The highest BCUT2D eigenvalue weighted by Gasteiger charge is 2.18. The van der Waals surface area contributed by atoms with Gasteiger partial charge in [0, 0.05) is 23.7 Å². The number of para-hydroxylation sites is 1. The zero-order chi connectivity index (χ0) is 18.9. The predicted molar refractivity (Wildman–Crippen MR) is 118 cm³/mol. The van der Waals surface area contributed by atoms with Crippen molar-refractivity contribution in [3.63, 3.8) is 0 Å². The van der Waals surface area contributed by atoms with Crippen molar-refractivity contribution in [3.8, 4) is 0 Å². The first kappa shape index (κ1) is 20.5. The van der Waals surface area contributed by atoms with Crippen LogP contribution < -0.4 is 4.90 Å². The lowest BCUT2D eigenvalue weighted by atomic mass is 10.0. The summed E-state index contributed by atoms with van der Waals surface area (Å²) in [6.07, 6.45) is 4.50. The molecule has 0 saturated carbocycles. The molecule has 1 amide bonds. The van der Waals surface area contributed by atoms with Crippen molar-refractivity contribution < 1.29 is 4.79 Å². The Balaban J connectivity index is 2.23. The molecule has 3 nitrogen and oxygen atoms in total. The molecule has 0 saturated heterocycles. The Morgan fingerprint density at radius 1 is 1.04 bits per heavy atom. The van der Waals surface area contributed by atoms with Gasteiger partial charge < -0.3 is 9.80 Å². The summed E-state index contributed by atoms with van der Waals surface area (Å²) in [6, 6.07) is 19.0. The number of likely N-dealkylation sites (N-methyl/N-ethyl adjacent to an activating group) is 1. The first-order valence-corrected chi connectivity index (χ1v) is 10.1. The summed E-state index contributed by atoms with van der Waals surface area (Å²) < 4.78 is 1.22. The van der Waals surface area contributed by atoms with Gasteiger partial charge in [-0.15, -0.1) is 0 Å². The minimum atomic E-state index is 0.0822. The van der Waals surface area contributed by atoms with Gasteiger partial charge in [0.15, 0.2) is 0 Å². The molecule has 0 bridgehead atoms. The van der Waals surface area contributed by atoms with Crippen molar-refractivity contribution in [3.05, 3.63) is 75.9 Å². The molecule has 0 N–H and O–H groups in total. The van der Waals surface area contributed by atoms with E-state index in [2.05, 4.69) is 83.1 Å². The first-order chi connectivity index (χ1) is 12.6. The lowest BCUT2D eigenvalue weighted by Crippen LogP contribution is -2.29. The summed E-state index contributed by atoms with van der Waals surface area (Å²) in [5.74, 6) is 0.0822. The molecule has 0 aliphatic rings. The van der Waals surface area contributed by atoms with Crippen LogP contribution in [0.1, 0.15) is 31.9 Å². The third-order valence-electron chi connectivity index (χ3n) is 4.58. The zero-order valence-corrected chi connectivity index (χ0v) is 17.9. The van der Waals surface area contributed by atoms with Crippen molar-refractivity contribution in [2.75, 3.05) is 25.0 Å². The van der Waals surface area contributed by atoms with E-state index in [-0.39, 0.29) is 11.9 Å². The van der Waals surface area contributed by atoms with Crippen molar-refractivity contribution >= 4 is 34.2 Å². The topological polar surface area (TPSA) is 23.6 Å². The second-order valence-electron chi connectivity index (χ2n) is 6.14. The van der Waals surface area contributed by atoms with Gasteiger partial charge in [-0.3, -0.25) is 4.79 Å². The van der Waals surface area contributed by atoms with Crippen LogP contribution in [0.5, 0.6) is 0 Å². The Hall–Kier alpha value is -1.82. The van der Waals surface area contributed by atoms with Crippen LogP contribution in [0.15, 0.2) is 66.7 Å². The third-order valence-corrected chi connectivity index (χ3v) is 5.49. The molecule has 2 rings (SSSR count). The highest BCUT2D eigenvalue weighted by atomic mass is 127. The van der Waals surface area contributed by atoms with E-state index in [4.69, 9.17) is 0 Å². The summed E-state index contributed by atoms with van der Waals surface area (Å²) >= 11 is 2.37. The van der Waals surface area contributed by atoms with Crippen molar-refractivity contribution in [2.24, 2.45) is 0 Å². The molecule has 0 aromatic heterocycles. The van der Waals surface area contributed by atoms with Crippen LogP contribution in [-0.4, -0.2) is 30.9 Å². The Labute approximate surface area is 170 Å². The average molecular weight is 462 g/mol. The lowest BCUT2D eigenvalue weighted by molar-refractivity contribution is -0.125. The molecule has 0 spiro atoms. The van der Waals surface area contributed by atoms with Gasteiger partial charge in [0.1, 0.15) is 0 Å². The van der Waals surface area contributed by atoms with Gasteiger partial charge in [-0.1, -0.05) is 48.5 Å². The van der Waals surface area contributed by atoms with Crippen molar-refractivity contribution in [2.45, 2.75) is 26.3 Å². The molecular formula is C22H27IN2O. The van der Waals surface area contributed by atoms with Crippen LogP contribution in [-0.2, 0) is 4.79 Å². The second kappa shape index (κ2) is 10.4. The number of amides is 1. The maximum absolute atomic E-state index is 12.2. The summed E-state index contributed by atoms with van der Waals surface area (Å²) in [5, 5.41) is 0. The summed E-state index contributed by atoms with van der Waals surface area (Å²) in [5.41, 5.74) is 2.44. The van der Waals surface area contributed by atoms with Crippen LogP contribution in [0.25, 0.3) is 0 Å². The number of rotatable bonds is 8. The zero-order valence-electron chi connectivity index (χ0n) is 15.7. The van der Waals surface area contributed by atoms with Crippen LogP contribution in [0.4, 0.5) is 5.69 Å². The molecule has 1 atom stereocenters. The average Bonchev–Trinajstić information content (AvgIpc) is 2.67. The third kappa shape index (κ3) is 5.34. The highest BCUT2D eigenvalue weighted by Crippen LogP contribution is 2.31. The van der Waals surface area contributed by atoms with Crippen molar-refractivity contribution in [1.29, 1.82) is 0 Å². The molecule has 0 aliphatic carbocycles. The Kier molecular flexibility index (Phi) is 8.16. The Morgan fingerprint density at radius 2 is 1.65 bits per heavy atom. The van der Waals surface area contributed by atoms with E-state index in [1.54, 1.807) is 6.08 Å². The number of carbonyl (C=O) groups excluding carboxylic acids is 1. The molecule has 2 aromatic rings. The van der Waals surface area contributed by atoms with Crippen LogP contribution in [0, 0.1) is 3.57 Å². The van der Waals surface area contributed by atoms with Crippen LogP contribution in [0.3, 0.4) is 0 Å². The van der Waals surface area contributed by atoms with E-state index in [0.717, 1.165) is 19.5 Å². The molecule has 1 unspecified atom stereocenters. The molecule has 138 valence electrons. The van der Waals surface area contributed by atoms with Gasteiger partial charge in [-0.25, -0.2) is 0 Å². The van der Waals surface area contributed by atoms with E-state index >= 15 is 0 Å². The minimum absolute atomic E-state index is 0.0822. The number of hydrogen-bond acceptors (Lipinski definition) is 2. The normalized spacial score (nSPS) is 12.2.